The minimum absolute atomic E-state index is 0.258. The Morgan fingerprint density at radius 2 is 2.33 bits per heavy atom. The number of hydrogen-bond donors (Lipinski definition) is 1. The third kappa shape index (κ3) is 2.77. The summed E-state index contributed by atoms with van der Waals surface area (Å²) in [5, 5.41) is 3.92. The first kappa shape index (κ1) is 10.0. The molecule has 0 spiro atoms. The van der Waals surface area contributed by atoms with Crippen LogP contribution in [-0.2, 0) is 4.79 Å². The van der Waals surface area contributed by atoms with Crippen LogP contribution in [0, 0.1) is 11.8 Å². The number of carbonyl (C=O) groups excluding carboxylic acids is 1. The molecule has 1 N–H and O–H groups in total. The van der Waals surface area contributed by atoms with E-state index >= 15 is 0 Å². The second kappa shape index (κ2) is 4.85. The van der Waals surface area contributed by atoms with Crippen molar-refractivity contribution >= 4 is 21.8 Å². The van der Waals surface area contributed by atoms with Gasteiger partial charge in [-0.2, -0.15) is 0 Å². The van der Waals surface area contributed by atoms with Crippen LogP contribution in [0.2, 0.25) is 0 Å². The molecule has 2 nitrogen and oxygen atoms in total. The summed E-state index contributed by atoms with van der Waals surface area (Å²) in [6, 6.07) is 0. The predicted molar refractivity (Wildman–Crippen MR) is 53.3 cm³/mol. The number of nitrogens with one attached hydrogen (secondary N) is 1. The molecular formula is C9H16BrNO. The smallest absolute Gasteiger partial charge is 0.223 e. The van der Waals surface area contributed by atoms with Gasteiger partial charge in [0.25, 0.3) is 0 Å². The fourth-order valence-corrected chi connectivity index (χ4v) is 1.37. The van der Waals surface area contributed by atoms with E-state index in [2.05, 4.69) is 28.2 Å². The van der Waals surface area contributed by atoms with Gasteiger partial charge in [-0.3, -0.25) is 4.79 Å². The van der Waals surface area contributed by atoms with Gasteiger partial charge in [0, 0.05) is 17.8 Å². The molecule has 1 amide bonds. The van der Waals surface area contributed by atoms with E-state index in [-0.39, 0.29) is 5.91 Å². The second-order valence-corrected chi connectivity index (χ2v) is 4.28. The van der Waals surface area contributed by atoms with Gasteiger partial charge in [-0.05, 0) is 18.8 Å². The lowest BCUT2D eigenvalue weighted by atomic mass is 9.85. The van der Waals surface area contributed by atoms with Crippen molar-refractivity contribution in [2.45, 2.75) is 26.2 Å². The minimum atomic E-state index is 0.258. The van der Waals surface area contributed by atoms with E-state index in [9.17, 15) is 4.79 Å². The molecule has 0 heterocycles. The fraction of sp³-hybridized carbons (Fsp3) is 0.889. The Hall–Kier alpha value is -0.0500. The summed E-state index contributed by atoms with van der Waals surface area (Å²) in [4.78, 5) is 11.3. The van der Waals surface area contributed by atoms with Gasteiger partial charge in [0.15, 0.2) is 0 Å². The number of amides is 1. The average Bonchev–Trinajstić information content (AvgIpc) is 1.97. The van der Waals surface area contributed by atoms with Crippen molar-refractivity contribution < 1.29 is 4.79 Å². The lowest BCUT2D eigenvalue weighted by Crippen LogP contribution is -2.37. The minimum Gasteiger partial charge on any atom is -0.356 e. The Morgan fingerprint density at radius 1 is 1.67 bits per heavy atom. The monoisotopic (exact) mass is 233 g/mol. The molecule has 0 saturated heterocycles. The van der Waals surface area contributed by atoms with E-state index in [0.29, 0.717) is 11.8 Å². The summed E-state index contributed by atoms with van der Waals surface area (Å²) in [5.41, 5.74) is 0. The third-order valence-electron chi connectivity index (χ3n) is 2.36. The largest absolute Gasteiger partial charge is 0.356 e. The van der Waals surface area contributed by atoms with E-state index in [1.807, 2.05) is 0 Å². The van der Waals surface area contributed by atoms with Crippen LogP contribution in [0.25, 0.3) is 0 Å². The Kier molecular flexibility index (Phi) is 4.06. The molecule has 1 aliphatic rings. The summed E-state index contributed by atoms with van der Waals surface area (Å²) >= 11 is 3.38. The third-order valence-corrected chi connectivity index (χ3v) is 3.47. The Labute approximate surface area is 82.2 Å². The van der Waals surface area contributed by atoms with Crippen LogP contribution in [0.4, 0.5) is 0 Å². The van der Waals surface area contributed by atoms with E-state index in [1.165, 1.54) is 6.42 Å². The van der Waals surface area contributed by atoms with Crippen molar-refractivity contribution in [2.75, 3.05) is 11.9 Å². The molecular weight excluding hydrogens is 218 g/mol. The molecule has 0 aromatic heterocycles. The first-order valence-electron chi connectivity index (χ1n) is 4.57. The fourth-order valence-electron chi connectivity index (χ4n) is 1.14. The highest BCUT2D eigenvalue weighted by atomic mass is 79.9. The van der Waals surface area contributed by atoms with Gasteiger partial charge in [0.1, 0.15) is 0 Å². The highest BCUT2D eigenvalue weighted by molar-refractivity contribution is 9.09. The number of alkyl halides is 1. The first-order chi connectivity index (χ1) is 5.74. The number of rotatable bonds is 4. The molecule has 1 aliphatic carbocycles. The van der Waals surface area contributed by atoms with Crippen LogP contribution in [0.1, 0.15) is 26.2 Å². The van der Waals surface area contributed by atoms with E-state index in [1.54, 1.807) is 0 Å². The number of hydrogen-bond acceptors (Lipinski definition) is 1. The zero-order valence-corrected chi connectivity index (χ0v) is 9.06. The van der Waals surface area contributed by atoms with Crippen LogP contribution < -0.4 is 5.32 Å². The summed E-state index contributed by atoms with van der Waals surface area (Å²) in [7, 11) is 0. The van der Waals surface area contributed by atoms with Crippen molar-refractivity contribution in [1.29, 1.82) is 0 Å². The highest BCUT2D eigenvalue weighted by Crippen LogP contribution is 2.26. The van der Waals surface area contributed by atoms with Gasteiger partial charge in [-0.25, -0.2) is 0 Å². The molecule has 0 aliphatic heterocycles. The van der Waals surface area contributed by atoms with Gasteiger partial charge < -0.3 is 5.32 Å². The quantitative estimate of drug-likeness (QED) is 0.740. The van der Waals surface area contributed by atoms with Crippen molar-refractivity contribution in [2.24, 2.45) is 11.8 Å². The Morgan fingerprint density at radius 3 is 2.75 bits per heavy atom. The summed E-state index contributed by atoms with van der Waals surface area (Å²) in [5.74, 6) is 1.12. The Balaban J connectivity index is 2.09. The molecule has 1 fully saturated rings. The average molecular weight is 234 g/mol. The molecule has 3 heteroatoms. The second-order valence-electron chi connectivity index (χ2n) is 3.63. The normalized spacial score (nSPS) is 19.8. The SMILES string of the molecule is CC(CBr)CNC(=O)C1CCC1. The zero-order chi connectivity index (χ0) is 8.97. The number of halogens is 1. The van der Waals surface area contributed by atoms with Crippen molar-refractivity contribution in [3.63, 3.8) is 0 Å². The van der Waals surface area contributed by atoms with Gasteiger partial charge >= 0.3 is 0 Å². The highest BCUT2D eigenvalue weighted by Gasteiger charge is 2.24. The summed E-state index contributed by atoms with van der Waals surface area (Å²) < 4.78 is 0. The summed E-state index contributed by atoms with van der Waals surface area (Å²) in [6.45, 7) is 2.93. The maximum atomic E-state index is 11.3. The lowest BCUT2D eigenvalue weighted by molar-refractivity contribution is -0.127. The first-order valence-corrected chi connectivity index (χ1v) is 5.70. The molecule has 70 valence electrons. The molecule has 1 unspecified atom stereocenters. The van der Waals surface area contributed by atoms with Crippen LogP contribution in [0.3, 0.4) is 0 Å². The molecule has 0 aromatic carbocycles. The maximum absolute atomic E-state index is 11.3. The van der Waals surface area contributed by atoms with Crippen LogP contribution in [0.5, 0.6) is 0 Å². The van der Waals surface area contributed by atoms with Crippen LogP contribution >= 0.6 is 15.9 Å². The van der Waals surface area contributed by atoms with Crippen LogP contribution in [-0.4, -0.2) is 17.8 Å². The molecule has 0 bridgehead atoms. The molecule has 1 saturated carbocycles. The van der Waals surface area contributed by atoms with Gasteiger partial charge in [-0.15, -0.1) is 0 Å². The van der Waals surface area contributed by atoms with Gasteiger partial charge in [0.05, 0.1) is 0 Å². The van der Waals surface area contributed by atoms with E-state index in [4.69, 9.17) is 0 Å². The van der Waals surface area contributed by atoms with Crippen molar-refractivity contribution in [1.82, 2.24) is 5.32 Å². The van der Waals surface area contributed by atoms with Gasteiger partial charge in [0.2, 0.25) is 5.91 Å². The molecule has 0 radical (unpaired) electrons. The summed E-state index contributed by atoms with van der Waals surface area (Å²) in [6.07, 6.45) is 3.41. The molecule has 1 rings (SSSR count). The van der Waals surface area contributed by atoms with Crippen molar-refractivity contribution in [3.8, 4) is 0 Å². The predicted octanol–water partition coefficient (Wildman–Crippen LogP) is 1.93. The van der Waals surface area contributed by atoms with E-state index in [0.717, 1.165) is 24.7 Å². The zero-order valence-electron chi connectivity index (χ0n) is 7.48. The van der Waals surface area contributed by atoms with E-state index < -0.39 is 0 Å². The number of carbonyl (C=O) groups is 1. The maximum Gasteiger partial charge on any atom is 0.223 e. The topological polar surface area (TPSA) is 29.1 Å². The lowest BCUT2D eigenvalue weighted by Gasteiger charge is -2.24. The molecule has 12 heavy (non-hydrogen) atoms. The Bertz CT molecular complexity index is 157. The molecule has 1 atom stereocenters. The van der Waals surface area contributed by atoms with Gasteiger partial charge in [-0.1, -0.05) is 29.3 Å². The molecule has 0 aromatic rings. The van der Waals surface area contributed by atoms with Crippen molar-refractivity contribution in [3.05, 3.63) is 0 Å². The van der Waals surface area contributed by atoms with Crippen LogP contribution in [0.15, 0.2) is 0 Å². The standard InChI is InChI=1S/C9H16BrNO/c1-7(5-10)6-11-9(12)8-3-2-4-8/h7-8H,2-6H2,1H3,(H,11,12).